The van der Waals surface area contributed by atoms with Gasteiger partial charge in [0.25, 0.3) is 0 Å². The van der Waals surface area contributed by atoms with Crippen LogP contribution in [0.25, 0.3) is 0 Å². The van der Waals surface area contributed by atoms with E-state index < -0.39 is 67.5 Å². The van der Waals surface area contributed by atoms with Gasteiger partial charge in [-0.25, -0.2) is 0 Å². The fourth-order valence-electron chi connectivity index (χ4n) is 15.4. The van der Waals surface area contributed by atoms with Gasteiger partial charge in [0.05, 0.1) is 6.61 Å². The Morgan fingerprint density at radius 2 is 0.327 bits per heavy atom. The standard InChI is InChI=1S/C96H184O11/c1-6-11-16-21-26-31-36-41-46-51-56-61-66-71-76-81-90(98)103-87-89(105-92(100)83-78-73-68-63-58-53-48-43-38-33-28-23-18-13-8-3)96(107-94(102)85-80-75-70-65-60-55-50-45-40-35-30-25-20-15-10-5)95(106-93(101)84-79-74-69-64-59-54-49-44-39-34-29-24-19-14-9-4)88(86-97)104-91(99)82-77-72-67-62-57-52-47-42-37-32-27-22-17-12-7-2/h88-89,95-97H,6-87H2,1-5H3/t88-,89+,95-,96-/m1/s1. The van der Waals surface area contributed by atoms with Crippen LogP contribution in [0.15, 0.2) is 0 Å². The molecule has 0 aromatic carbocycles. The van der Waals surface area contributed by atoms with Gasteiger partial charge in [0.2, 0.25) is 0 Å². The van der Waals surface area contributed by atoms with Crippen molar-refractivity contribution >= 4 is 29.8 Å². The van der Waals surface area contributed by atoms with Crippen LogP contribution in [-0.4, -0.2) is 72.6 Å². The highest BCUT2D eigenvalue weighted by atomic mass is 16.6. The van der Waals surface area contributed by atoms with Gasteiger partial charge in [0, 0.05) is 32.1 Å². The summed E-state index contributed by atoms with van der Waals surface area (Å²) in [6, 6.07) is 0. The van der Waals surface area contributed by atoms with Crippen LogP contribution in [0.3, 0.4) is 0 Å². The summed E-state index contributed by atoms with van der Waals surface area (Å²) in [5.41, 5.74) is 0. The van der Waals surface area contributed by atoms with Crippen molar-refractivity contribution in [3.8, 4) is 0 Å². The molecule has 0 unspecified atom stereocenters. The van der Waals surface area contributed by atoms with E-state index in [9.17, 15) is 29.1 Å². The third kappa shape index (κ3) is 77.1. The van der Waals surface area contributed by atoms with Crippen LogP contribution in [0.1, 0.15) is 548 Å². The first-order valence-electron chi connectivity index (χ1n) is 48.2. The van der Waals surface area contributed by atoms with E-state index in [1.165, 1.54) is 353 Å². The van der Waals surface area contributed by atoms with Gasteiger partial charge in [0.15, 0.2) is 24.4 Å². The predicted octanol–water partition coefficient (Wildman–Crippen LogP) is 30.5. The SMILES string of the molecule is CCCCCCCCCCCCCCCCCC(=O)OC[C@H](OC(=O)CCCCCCCCCCCCCCCCC)[C@@H](OC(=O)CCCCCCCCCCCCCCCCC)[C@H](OC(=O)CCCCCCCCCCCCCCCCC)[C@@H](CO)OC(=O)CCCCCCCCCCCCCCCCC. The minimum Gasteiger partial charge on any atom is -0.462 e. The quantitative estimate of drug-likeness (QED) is 0.0352. The number of ether oxygens (including phenoxy) is 5. The number of carbonyl (C=O) groups is 5. The molecule has 11 heteroatoms. The molecule has 107 heavy (non-hydrogen) atoms. The van der Waals surface area contributed by atoms with Crippen LogP contribution in [-0.2, 0) is 47.7 Å². The maximum atomic E-state index is 14.5. The van der Waals surface area contributed by atoms with E-state index in [4.69, 9.17) is 23.7 Å². The van der Waals surface area contributed by atoms with Crippen LogP contribution in [0, 0.1) is 0 Å². The van der Waals surface area contributed by atoms with Gasteiger partial charge >= 0.3 is 29.8 Å². The van der Waals surface area contributed by atoms with Crippen molar-refractivity contribution in [2.45, 2.75) is 573 Å². The number of esters is 5. The van der Waals surface area contributed by atoms with E-state index in [-0.39, 0.29) is 32.1 Å². The molecule has 0 heterocycles. The van der Waals surface area contributed by atoms with Crippen LogP contribution in [0.2, 0.25) is 0 Å². The first-order chi connectivity index (χ1) is 52.7. The molecular formula is C96H184O11. The van der Waals surface area contributed by atoms with E-state index in [1.54, 1.807) is 0 Å². The highest BCUT2D eigenvalue weighted by Gasteiger charge is 2.45. The molecule has 0 aliphatic carbocycles. The zero-order chi connectivity index (χ0) is 77.7. The van der Waals surface area contributed by atoms with Crippen molar-refractivity contribution in [3.63, 3.8) is 0 Å². The number of rotatable bonds is 90. The lowest BCUT2D eigenvalue weighted by molar-refractivity contribution is -0.208. The number of carbonyl (C=O) groups excluding carboxylic acids is 5. The van der Waals surface area contributed by atoms with E-state index in [2.05, 4.69) is 34.6 Å². The van der Waals surface area contributed by atoms with Crippen molar-refractivity contribution in [3.05, 3.63) is 0 Å². The molecule has 11 nitrogen and oxygen atoms in total. The monoisotopic (exact) mass is 1510 g/mol. The Kier molecular flexibility index (Phi) is 85.1. The smallest absolute Gasteiger partial charge is 0.306 e. The molecule has 1 N–H and O–H groups in total. The number of hydrogen-bond acceptors (Lipinski definition) is 11. The Hall–Kier alpha value is -2.69. The molecule has 0 rings (SSSR count). The molecule has 0 aliphatic heterocycles. The van der Waals surface area contributed by atoms with Gasteiger partial charge in [0.1, 0.15) is 6.61 Å². The van der Waals surface area contributed by atoms with Crippen molar-refractivity contribution in [2.75, 3.05) is 13.2 Å². The Balaban J connectivity index is 6.62. The average Bonchev–Trinajstić information content (AvgIpc) is 0.826. The van der Waals surface area contributed by atoms with E-state index in [1.807, 2.05) is 0 Å². The average molecular weight is 1510 g/mol. The van der Waals surface area contributed by atoms with Gasteiger partial charge < -0.3 is 28.8 Å². The minimum absolute atomic E-state index is 0.0656. The van der Waals surface area contributed by atoms with Gasteiger partial charge in [-0.3, -0.25) is 24.0 Å². The third-order valence-electron chi connectivity index (χ3n) is 22.7. The normalized spacial score (nSPS) is 12.7. The molecule has 0 aliphatic rings. The zero-order valence-electron chi connectivity index (χ0n) is 72.3. The largest absolute Gasteiger partial charge is 0.462 e. The summed E-state index contributed by atoms with van der Waals surface area (Å²) in [6.45, 7) is 10.1. The maximum absolute atomic E-state index is 14.5. The molecule has 0 saturated carbocycles. The third-order valence-corrected chi connectivity index (χ3v) is 22.7. The fraction of sp³-hybridized carbons (Fsp3) is 0.948. The molecule has 0 aromatic heterocycles. The number of unbranched alkanes of at least 4 members (excludes halogenated alkanes) is 70. The second-order valence-electron chi connectivity index (χ2n) is 33.3. The molecule has 0 saturated heterocycles. The van der Waals surface area contributed by atoms with Gasteiger partial charge in [-0.05, 0) is 32.1 Å². The molecule has 4 atom stereocenters. The second kappa shape index (κ2) is 87.3. The maximum Gasteiger partial charge on any atom is 0.306 e. The van der Waals surface area contributed by atoms with E-state index in [0.717, 1.165) is 96.3 Å². The van der Waals surface area contributed by atoms with Gasteiger partial charge in [-0.15, -0.1) is 0 Å². The van der Waals surface area contributed by atoms with Gasteiger partial charge in [-0.1, -0.05) is 484 Å². The van der Waals surface area contributed by atoms with Crippen molar-refractivity contribution in [1.29, 1.82) is 0 Å². The molecule has 0 spiro atoms. The lowest BCUT2D eigenvalue weighted by Gasteiger charge is -2.35. The van der Waals surface area contributed by atoms with Crippen LogP contribution < -0.4 is 0 Å². The Morgan fingerprint density at radius 3 is 0.505 bits per heavy atom. The summed E-state index contributed by atoms with van der Waals surface area (Å²) >= 11 is 0. The number of hydrogen-bond donors (Lipinski definition) is 1. The fourth-order valence-corrected chi connectivity index (χ4v) is 15.4. The van der Waals surface area contributed by atoms with E-state index in [0.29, 0.717) is 32.1 Å². The summed E-state index contributed by atoms with van der Waals surface area (Å²) in [6.07, 6.45) is 84.1. The molecule has 0 fully saturated rings. The molecule has 0 bridgehead atoms. The molecule has 634 valence electrons. The van der Waals surface area contributed by atoms with Crippen molar-refractivity contribution < 1.29 is 52.8 Å². The van der Waals surface area contributed by atoms with E-state index >= 15 is 0 Å². The van der Waals surface area contributed by atoms with Crippen molar-refractivity contribution in [2.24, 2.45) is 0 Å². The topological polar surface area (TPSA) is 152 Å². The Bertz CT molecular complexity index is 1840. The second-order valence-corrected chi connectivity index (χ2v) is 33.3. The van der Waals surface area contributed by atoms with Crippen LogP contribution >= 0.6 is 0 Å². The number of aliphatic hydroxyl groups excluding tert-OH is 1. The number of aliphatic hydroxyl groups is 1. The predicted molar refractivity (Wildman–Crippen MR) is 455 cm³/mol. The minimum atomic E-state index is -1.56. The summed E-state index contributed by atoms with van der Waals surface area (Å²) < 4.78 is 31.4. The lowest BCUT2D eigenvalue weighted by atomic mass is 10.0. The van der Waals surface area contributed by atoms with Gasteiger partial charge in [-0.2, -0.15) is 0 Å². The summed E-state index contributed by atoms with van der Waals surface area (Å²) in [7, 11) is 0. The summed E-state index contributed by atoms with van der Waals surface area (Å²) in [5, 5.41) is 11.4. The molecular weight excluding hydrogens is 1330 g/mol. The Labute approximate surface area is 665 Å². The molecule has 0 aromatic rings. The summed E-state index contributed by atoms with van der Waals surface area (Å²) in [5.74, 6) is -2.72. The first kappa shape index (κ1) is 104. The highest BCUT2D eigenvalue weighted by molar-refractivity contribution is 5.72. The zero-order valence-corrected chi connectivity index (χ0v) is 72.3. The molecule has 0 radical (unpaired) electrons. The lowest BCUT2D eigenvalue weighted by Crippen LogP contribution is -2.54. The highest BCUT2D eigenvalue weighted by Crippen LogP contribution is 2.26. The Morgan fingerprint density at radius 1 is 0.187 bits per heavy atom. The first-order valence-corrected chi connectivity index (χ1v) is 48.2. The van der Waals surface area contributed by atoms with Crippen molar-refractivity contribution in [1.82, 2.24) is 0 Å². The van der Waals surface area contributed by atoms with Crippen LogP contribution in [0.4, 0.5) is 0 Å². The summed E-state index contributed by atoms with van der Waals surface area (Å²) in [4.78, 5) is 70.9. The molecule has 0 amide bonds. The van der Waals surface area contributed by atoms with Crippen LogP contribution in [0.5, 0.6) is 0 Å².